The Morgan fingerprint density at radius 2 is 1.68 bits per heavy atom. The fourth-order valence-corrected chi connectivity index (χ4v) is 4.31. The van der Waals surface area contributed by atoms with E-state index in [2.05, 4.69) is 0 Å². The Kier molecular flexibility index (Phi) is 6.21. The monoisotopic (exact) mass is 421 g/mol. The first-order valence-corrected chi connectivity index (χ1v) is 10.6. The summed E-state index contributed by atoms with van der Waals surface area (Å²) < 4.78 is 5.21. The Bertz CT molecular complexity index is 954. The maximum Gasteiger partial charge on any atom is 0.312 e. The van der Waals surface area contributed by atoms with Gasteiger partial charge in [0.15, 0.2) is 0 Å². The number of carbonyl (C=O) groups is 3. The van der Waals surface area contributed by atoms with Gasteiger partial charge in [-0.2, -0.15) is 0 Å². The molecule has 0 spiro atoms. The lowest BCUT2D eigenvalue weighted by molar-refractivity contribution is -0.158. The number of amides is 3. The molecule has 7 nitrogen and oxygen atoms in total. The highest BCUT2D eigenvalue weighted by atomic mass is 16.5. The van der Waals surface area contributed by atoms with Crippen molar-refractivity contribution in [3.8, 4) is 5.75 Å². The lowest BCUT2D eigenvalue weighted by Crippen LogP contribution is -2.59. The van der Waals surface area contributed by atoms with Crippen LogP contribution in [0.4, 0.5) is 0 Å². The van der Waals surface area contributed by atoms with Crippen LogP contribution in [0, 0.1) is 0 Å². The van der Waals surface area contributed by atoms with E-state index in [0.29, 0.717) is 56.9 Å². The Hall–Kier alpha value is -3.35. The molecule has 2 saturated heterocycles. The molecule has 0 bridgehead atoms. The molecule has 4 rings (SSSR count). The molecule has 2 aliphatic heterocycles. The molecule has 0 aliphatic carbocycles. The number of benzene rings is 2. The molecule has 0 radical (unpaired) electrons. The maximum absolute atomic E-state index is 12.8. The SMILES string of the molecule is COc1cccc(C(=O)N2CCC(N3CCN(Cc4ccccc4)C(=O)C3=O)CC2)c1. The molecule has 0 unspecified atom stereocenters. The summed E-state index contributed by atoms with van der Waals surface area (Å²) in [4.78, 5) is 43.4. The summed E-state index contributed by atoms with van der Waals surface area (Å²) in [5.74, 6) is -0.254. The molecular formula is C24H27N3O4. The van der Waals surface area contributed by atoms with Crippen molar-refractivity contribution in [3.05, 3.63) is 65.7 Å². The van der Waals surface area contributed by atoms with E-state index in [1.54, 1.807) is 35.1 Å². The molecule has 2 aromatic rings. The zero-order valence-electron chi connectivity index (χ0n) is 17.7. The van der Waals surface area contributed by atoms with Crippen LogP contribution in [0.1, 0.15) is 28.8 Å². The van der Waals surface area contributed by atoms with Gasteiger partial charge in [0.25, 0.3) is 5.91 Å². The third kappa shape index (κ3) is 4.55. The number of piperazine rings is 1. The Morgan fingerprint density at radius 1 is 0.935 bits per heavy atom. The smallest absolute Gasteiger partial charge is 0.312 e. The quantitative estimate of drug-likeness (QED) is 0.694. The minimum atomic E-state index is -0.440. The van der Waals surface area contributed by atoms with E-state index in [-0.39, 0.29) is 11.9 Å². The first-order chi connectivity index (χ1) is 15.1. The molecule has 31 heavy (non-hydrogen) atoms. The predicted octanol–water partition coefficient (Wildman–Crippen LogP) is 2.17. The zero-order valence-corrected chi connectivity index (χ0v) is 17.7. The van der Waals surface area contributed by atoms with Crippen LogP contribution in [-0.4, -0.2) is 71.8 Å². The van der Waals surface area contributed by atoms with E-state index in [4.69, 9.17) is 4.74 Å². The summed E-state index contributed by atoms with van der Waals surface area (Å²) >= 11 is 0. The van der Waals surface area contributed by atoms with Crippen LogP contribution < -0.4 is 4.74 Å². The standard InChI is InChI=1S/C24H27N3O4/c1-31-21-9-5-8-19(16-21)22(28)25-12-10-20(11-13-25)27-15-14-26(23(29)24(27)30)17-18-6-3-2-4-7-18/h2-9,16,20H,10-15,17H2,1H3. The lowest BCUT2D eigenvalue weighted by atomic mass is 10.0. The molecule has 0 saturated carbocycles. The lowest BCUT2D eigenvalue weighted by Gasteiger charge is -2.42. The van der Waals surface area contributed by atoms with Gasteiger partial charge in [0.1, 0.15) is 5.75 Å². The normalized spacial score (nSPS) is 17.8. The van der Waals surface area contributed by atoms with Crippen LogP contribution >= 0.6 is 0 Å². The van der Waals surface area contributed by atoms with Gasteiger partial charge in [-0.05, 0) is 36.6 Å². The van der Waals surface area contributed by atoms with Crippen molar-refractivity contribution < 1.29 is 19.1 Å². The first kappa shape index (κ1) is 20.9. The third-order valence-electron chi connectivity index (χ3n) is 6.07. The molecule has 2 fully saturated rings. The number of nitrogens with zero attached hydrogens (tertiary/aromatic N) is 3. The van der Waals surface area contributed by atoms with Gasteiger partial charge in [0.2, 0.25) is 0 Å². The zero-order chi connectivity index (χ0) is 21.8. The van der Waals surface area contributed by atoms with E-state index in [9.17, 15) is 14.4 Å². The van der Waals surface area contributed by atoms with Crippen molar-refractivity contribution in [2.45, 2.75) is 25.4 Å². The van der Waals surface area contributed by atoms with E-state index < -0.39 is 11.8 Å². The number of hydrogen-bond acceptors (Lipinski definition) is 4. The second kappa shape index (κ2) is 9.20. The Balaban J connectivity index is 1.33. The second-order valence-electron chi connectivity index (χ2n) is 7.97. The highest BCUT2D eigenvalue weighted by Gasteiger charge is 2.38. The summed E-state index contributed by atoms with van der Waals surface area (Å²) in [6, 6.07) is 16.8. The fraction of sp³-hybridized carbons (Fsp3) is 0.375. The first-order valence-electron chi connectivity index (χ1n) is 10.6. The minimum Gasteiger partial charge on any atom is -0.497 e. The minimum absolute atomic E-state index is 0.00955. The van der Waals surface area contributed by atoms with E-state index in [1.807, 2.05) is 41.3 Å². The second-order valence-corrected chi connectivity index (χ2v) is 7.97. The molecule has 0 N–H and O–H groups in total. The van der Waals surface area contributed by atoms with Gasteiger partial charge in [-0.15, -0.1) is 0 Å². The number of rotatable bonds is 5. The van der Waals surface area contributed by atoms with Crippen molar-refractivity contribution in [2.24, 2.45) is 0 Å². The average Bonchev–Trinajstić information content (AvgIpc) is 2.82. The van der Waals surface area contributed by atoms with Gasteiger partial charge in [-0.25, -0.2) is 0 Å². The van der Waals surface area contributed by atoms with Crippen LogP contribution in [0.15, 0.2) is 54.6 Å². The molecule has 0 aromatic heterocycles. The topological polar surface area (TPSA) is 70.2 Å². The summed E-state index contributed by atoms with van der Waals surface area (Å²) in [5.41, 5.74) is 1.61. The van der Waals surface area contributed by atoms with Gasteiger partial charge >= 0.3 is 11.8 Å². The van der Waals surface area contributed by atoms with E-state index in [0.717, 1.165) is 5.56 Å². The van der Waals surface area contributed by atoms with Gasteiger partial charge in [0.05, 0.1) is 7.11 Å². The number of carbonyl (C=O) groups excluding carboxylic acids is 3. The molecule has 2 heterocycles. The van der Waals surface area contributed by atoms with Crippen molar-refractivity contribution in [1.29, 1.82) is 0 Å². The molecule has 0 atom stereocenters. The number of methoxy groups -OCH3 is 1. The van der Waals surface area contributed by atoms with Crippen LogP contribution in [-0.2, 0) is 16.1 Å². The number of ether oxygens (including phenoxy) is 1. The van der Waals surface area contributed by atoms with Crippen molar-refractivity contribution in [1.82, 2.24) is 14.7 Å². The molecule has 2 aromatic carbocycles. The largest absolute Gasteiger partial charge is 0.497 e. The maximum atomic E-state index is 12.8. The molecule has 7 heteroatoms. The number of hydrogen-bond donors (Lipinski definition) is 0. The highest BCUT2D eigenvalue weighted by Crippen LogP contribution is 2.22. The van der Waals surface area contributed by atoms with Gasteiger partial charge in [0, 0.05) is 44.3 Å². The van der Waals surface area contributed by atoms with Gasteiger partial charge in [-0.3, -0.25) is 14.4 Å². The van der Waals surface area contributed by atoms with Crippen molar-refractivity contribution in [2.75, 3.05) is 33.3 Å². The highest BCUT2D eigenvalue weighted by molar-refractivity contribution is 6.35. The Morgan fingerprint density at radius 3 is 2.39 bits per heavy atom. The van der Waals surface area contributed by atoms with Crippen LogP contribution in [0.5, 0.6) is 5.75 Å². The predicted molar refractivity (Wildman–Crippen MR) is 115 cm³/mol. The molecule has 162 valence electrons. The average molecular weight is 421 g/mol. The summed E-state index contributed by atoms with van der Waals surface area (Å²) in [7, 11) is 1.58. The third-order valence-corrected chi connectivity index (χ3v) is 6.07. The van der Waals surface area contributed by atoms with Crippen molar-refractivity contribution >= 4 is 17.7 Å². The van der Waals surface area contributed by atoms with Crippen molar-refractivity contribution in [3.63, 3.8) is 0 Å². The Labute approximate surface area is 182 Å². The molecule has 3 amide bonds. The van der Waals surface area contributed by atoms with Crippen LogP contribution in [0.25, 0.3) is 0 Å². The summed E-state index contributed by atoms with van der Waals surface area (Å²) in [5, 5.41) is 0. The van der Waals surface area contributed by atoms with E-state index in [1.165, 1.54) is 0 Å². The van der Waals surface area contributed by atoms with Gasteiger partial charge in [-0.1, -0.05) is 36.4 Å². The fourth-order valence-electron chi connectivity index (χ4n) is 4.31. The summed E-state index contributed by atoms with van der Waals surface area (Å²) in [6.45, 7) is 2.64. The molecule has 2 aliphatic rings. The van der Waals surface area contributed by atoms with Gasteiger partial charge < -0.3 is 19.4 Å². The van der Waals surface area contributed by atoms with E-state index >= 15 is 0 Å². The van der Waals surface area contributed by atoms with Crippen LogP contribution in [0.2, 0.25) is 0 Å². The number of likely N-dealkylation sites (tertiary alicyclic amines) is 1. The number of piperidine rings is 1. The van der Waals surface area contributed by atoms with Crippen LogP contribution in [0.3, 0.4) is 0 Å². The molecular weight excluding hydrogens is 394 g/mol. The summed E-state index contributed by atoms with van der Waals surface area (Å²) in [6.07, 6.45) is 1.35.